The molecule has 2 aromatic carbocycles. The van der Waals surface area contributed by atoms with Crippen LogP contribution in [0.3, 0.4) is 0 Å². The molecule has 0 radical (unpaired) electrons. The molecule has 0 saturated carbocycles. The summed E-state index contributed by atoms with van der Waals surface area (Å²) in [5.41, 5.74) is 8.21. The Labute approximate surface area is 245 Å². The average Bonchev–Trinajstić information content (AvgIpc) is 3.16. The number of nitrogens with one attached hydrogen (secondary N) is 1. The predicted molar refractivity (Wildman–Crippen MR) is 155 cm³/mol. The monoisotopic (exact) mass is 593 g/mol. The van der Waals surface area contributed by atoms with Crippen LogP contribution in [0.25, 0.3) is 0 Å². The van der Waals surface area contributed by atoms with E-state index in [2.05, 4.69) is 10.2 Å². The van der Waals surface area contributed by atoms with Gasteiger partial charge in [-0.15, -0.1) is 12.4 Å². The van der Waals surface area contributed by atoms with Gasteiger partial charge in [0.25, 0.3) is 5.91 Å². The van der Waals surface area contributed by atoms with E-state index in [0.717, 1.165) is 69.5 Å². The molecule has 3 aliphatic rings. The van der Waals surface area contributed by atoms with Gasteiger partial charge in [0.2, 0.25) is 5.91 Å². The minimum absolute atomic E-state index is 0. The van der Waals surface area contributed by atoms with Crippen LogP contribution in [0, 0.1) is 0 Å². The molecule has 4 amide bonds. The van der Waals surface area contributed by atoms with Crippen LogP contribution in [0.4, 0.5) is 4.79 Å². The maximum absolute atomic E-state index is 13.2. The predicted octanol–water partition coefficient (Wildman–Crippen LogP) is 4.69. The Morgan fingerprint density at radius 1 is 1.08 bits per heavy atom. The minimum atomic E-state index is -0.557. The summed E-state index contributed by atoms with van der Waals surface area (Å²) >= 11 is 12.7. The molecule has 2 aromatic rings. The Balaban J connectivity index is 0.00000353. The summed E-state index contributed by atoms with van der Waals surface area (Å²) in [5.74, 6) is -0.720. The van der Waals surface area contributed by atoms with Crippen LogP contribution in [0.15, 0.2) is 36.4 Å². The number of carbonyl (C=O) groups excluding carboxylic acids is 3. The molecular formula is C28H34Cl3N5O3. The Kier molecular flexibility index (Phi) is 9.32. The van der Waals surface area contributed by atoms with Crippen LogP contribution in [0.1, 0.15) is 69.5 Å². The number of likely N-dealkylation sites (tertiary alicyclic amines) is 1. The lowest BCUT2D eigenvalue weighted by atomic mass is 9.84. The first kappa shape index (κ1) is 29.5. The molecule has 2 saturated heterocycles. The first-order valence-corrected chi connectivity index (χ1v) is 13.9. The number of primary amides is 1. The summed E-state index contributed by atoms with van der Waals surface area (Å²) in [6, 6.07) is 10.9. The Morgan fingerprint density at radius 3 is 2.49 bits per heavy atom. The average molecular weight is 595 g/mol. The lowest BCUT2D eigenvalue weighted by Gasteiger charge is -2.40. The van der Waals surface area contributed by atoms with Gasteiger partial charge in [0, 0.05) is 56.3 Å². The zero-order chi connectivity index (χ0) is 27.0. The van der Waals surface area contributed by atoms with Crippen LogP contribution >= 0.6 is 35.6 Å². The van der Waals surface area contributed by atoms with Crippen LogP contribution in [-0.4, -0.2) is 78.4 Å². The number of carbonyl (C=O) groups is 3. The smallest absolute Gasteiger partial charge is 0.317 e. The van der Waals surface area contributed by atoms with Crippen molar-refractivity contribution in [2.75, 3.05) is 39.8 Å². The third-order valence-electron chi connectivity index (χ3n) is 8.24. The fourth-order valence-corrected chi connectivity index (χ4v) is 6.49. The highest BCUT2D eigenvalue weighted by Gasteiger charge is 2.40. The molecule has 11 heteroatoms. The van der Waals surface area contributed by atoms with Gasteiger partial charge in [-0.1, -0.05) is 35.3 Å². The molecule has 39 heavy (non-hydrogen) atoms. The third kappa shape index (κ3) is 5.99. The van der Waals surface area contributed by atoms with E-state index in [0.29, 0.717) is 21.2 Å². The number of fused-ring (bicyclic) bond motifs is 1. The van der Waals surface area contributed by atoms with Crippen molar-refractivity contribution in [2.24, 2.45) is 5.73 Å². The number of benzene rings is 2. The lowest BCUT2D eigenvalue weighted by Crippen LogP contribution is -2.54. The second kappa shape index (κ2) is 12.3. The fraction of sp³-hybridized carbons (Fsp3) is 0.464. The number of nitrogens with two attached hydrogens (primary N) is 1. The molecule has 2 atom stereocenters. The van der Waals surface area contributed by atoms with Crippen LogP contribution in [-0.2, 0) is 0 Å². The summed E-state index contributed by atoms with van der Waals surface area (Å²) in [7, 11) is 1.80. The molecule has 0 aliphatic carbocycles. The topological polar surface area (TPSA) is 99.0 Å². The Bertz CT molecular complexity index is 1250. The van der Waals surface area contributed by atoms with E-state index in [9.17, 15) is 14.4 Å². The quantitative estimate of drug-likeness (QED) is 0.486. The third-order valence-corrected chi connectivity index (χ3v) is 8.98. The van der Waals surface area contributed by atoms with Crippen LogP contribution < -0.4 is 11.1 Å². The van der Waals surface area contributed by atoms with Crippen molar-refractivity contribution in [2.45, 2.75) is 43.7 Å². The first-order chi connectivity index (χ1) is 18.2. The number of hydrogen-bond acceptors (Lipinski definition) is 4. The van der Waals surface area contributed by atoms with E-state index >= 15 is 0 Å². The van der Waals surface area contributed by atoms with E-state index in [1.165, 1.54) is 0 Å². The van der Waals surface area contributed by atoms with Crippen LogP contribution in [0.5, 0.6) is 0 Å². The van der Waals surface area contributed by atoms with Gasteiger partial charge in [0.1, 0.15) is 0 Å². The second-order valence-electron chi connectivity index (χ2n) is 10.4. The van der Waals surface area contributed by atoms with E-state index in [4.69, 9.17) is 28.9 Å². The SMILES string of the molecule is CN1C(=O)c2cc(C(N)=O)ccc2C1C(CCN1CCC(N2CCCNC2=O)CC1)c1ccc(Cl)c(Cl)c1.Cl. The first-order valence-electron chi connectivity index (χ1n) is 13.2. The number of hydrogen-bond donors (Lipinski definition) is 2. The van der Waals surface area contributed by atoms with Crippen molar-refractivity contribution in [3.8, 4) is 0 Å². The molecule has 8 nitrogen and oxygen atoms in total. The van der Waals surface area contributed by atoms with Gasteiger partial charge in [-0.25, -0.2) is 4.79 Å². The second-order valence-corrected chi connectivity index (χ2v) is 11.3. The maximum Gasteiger partial charge on any atom is 0.317 e. The van der Waals surface area contributed by atoms with Crippen molar-refractivity contribution in [3.05, 3.63) is 68.7 Å². The molecule has 3 aliphatic heterocycles. The van der Waals surface area contributed by atoms with Gasteiger partial charge in [-0.3, -0.25) is 9.59 Å². The van der Waals surface area contributed by atoms with Crippen molar-refractivity contribution in [1.82, 2.24) is 20.0 Å². The van der Waals surface area contributed by atoms with Gasteiger partial charge in [0.05, 0.1) is 16.1 Å². The van der Waals surface area contributed by atoms with E-state index in [-0.39, 0.29) is 42.3 Å². The summed E-state index contributed by atoms with van der Waals surface area (Å²) in [6.45, 7) is 4.27. The number of likely N-dealkylation sites (N-methyl/N-ethyl adjacent to an activating group) is 1. The lowest BCUT2D eigenvalue weighted by molar-refractivity contribution is 0.0740. The molecule has 210 valence electrons. The highest BCUT2D eigenvalue weighted by atomic mass is 35.5. The number of amides is 4. The van der Waals surface area contributed by atoms with Crippen molar-refractivity contribution >= 4 is 53.5 Å². The minimum Gasteiger partial charge on any atom is -0.366 e. The largest absolute Gasteiger partial charge is 0.366 e. The summed E-state index contributed by atoms with van der Waals surface area (Å²) in [6.07, 6.45) is 3.69. The number of urea groups is 1. The zero-order valence-corrected chi connectivity index (χ0v) is 24.2. The van der Waals surface area contributed by atoms with E-state index < -0.39 is 5.91 Å². The summed E-state index contributed by atoms with van der Waals surface area (Å²) in [5, 5.41) is 3.92. The molecule has 3 heterocycles. The molecule has 0 bridgehead atoms. The molecular weight excluding hydrogens is 561 g/mol. The zero-order valence-electron chi connectivity index (χ0n) is 21.9. The molecule has 2 unspecified atom stereocenters. The van der Waals surface area contributed by atoms with Gasteiger partial charge < -0.3 is 25.8 Å². The number of rotatable bonds is 7. The fourth-order valence-electron chi connectivity index (χ4n) is 6.19. The molecule has 5 rings (SSSR count). The van der Waals surface area contributed by atoms with E-state index in [1.807, 2.05) is 23.1 Å². The van der Waals surface area contributed by atoms with Crippen molar-refractivity contribution in [1.29, 1.82) is 0 Å². The van der Waals surface area contributed by atoms with Crippen molar-refractivity contribution in [3.63, 3.8) is 0 Å². The molecule has 0 aromatic heterocycles. The molecule has 2 fully saturated rings. The highest BCUT2D eigenvalue weighted by molar-refractivity contribution is 6.42. The van der Waals surface area contributed by atoms with Gasteiger partial charge >= 0.3 is 6.03 Å². The number of halogens is 3. The number of piperidine rings is 1. The van der Waals surface area contributed by atoms with E-state index in [1.54, 1.807) is 30.1 Å². The Hall–Kier alpha value is -2.52. The Morgan fingerprint density at radius 2 is 1.82 bits per heavy atom. The summed E-state index contributed by atoms with van der Waals surface area (Å²) < 4.78 is 0. The van der Waals surface area contributed by atoms with Gasteiger partial charge in [-0.05, 0) is 67.6 Å². The summed E-state index contributed by atoms with van der Waals surface area (Å²) in [4.78, 5) is 43.5. The molecule has 0 spiro atoms. The van der Waals surface area contributed by atoms with Crippen LogP contribution in [0.2, 0.25) is 10.0 Å². The standard InChI is InChI=1S/C28H33Cl2N5O3.ClH/c1-33-25(21-5-3-18(26(31)36)15-22(21)27(33)37)20(17-4-6-23(29)24(30)16-17)9-14-34-12-7-19(8-13-34)35-11-2-10-32-28(35)38;/h3-6,15-16,19-20,25H,2,7-14H2,1H3,(H2,31,36)(H,32,38);1H. The van der Waals surface area contributed by atoms with Gasteiger partial charge in [0.15, 0.2) is 0 Å². The van der Waals surface area contributed by atoms with Gasteiger partial charge in [-0.2, -0.15) is 0 Å². The normalized spacial score (nSPS) is 20.8. The molecule has 3 N–H and O–H groups in total. The number of nitrogens with zero attached hydrogens (tertiary/aromatic N) is 3. The van der Waals surface area contributed by atoms with Crippen molar-refractivity contribution < 1.29 is 14.4 Å². The highest BCUT2D eigenvalue weighted by Crippen LogP contribution is 2.45. The maximum atomic E-state index is 13.2.